The molecule has 0 saturated carbocycles. The molecule has 3 nitrogen and oxygen atoms in total. The second kappa shape index (κ2) is 6.99. The minimum Gasteiger partial charge on any atom is -0.212 e. The van der Waals surface area contributed by atoms with E-state index in [1.807, 2.05) is 37.3 Å². The lowest BCUT2D eigenvalue weighted by molar-refractivity contribution is 0.537. The smallest absolute Gasteiger partial charge is 0.212 e. The second-order valence-corrected chi connectivity index (χ2v) is 6.13. The number of hydrogen-bond acceptors (Lipinski definition) is 2. The van der Waals surface area contributed by atoms with Crippen molar-refractivity contribution in [3.8, 4) is 0 Å². The Bertz CT molecular complexity index is 419. The molecular weight excluding hydrogens is 258 g/mol. The standard InChI is InChI=1S/C12H18ClNO2S/c1-2-6-12(11-7-4-3-5-8-11)14-17(15,16)10-9-13/h3-5,7-8,12,14H,2,6,9-10H2,1H3. The van der Waals surface area contributed by atoms with Crippen molar-refractivity contribution in [2.24, 2.45) is 0 Å². The molecule has 1 rings (SSSR count). The van der Waals surface area contributed by atoms with Crippen LogP contribution in [0.1, 0.15) is 31.4 Å². The summed E-state index contributed by atoms with van der Waals surface area (Å²) in [6.45, 7) is 2.03. The highest BCUT2D eigenvalue weighted by Crippen LogP contribution is 2.19. The molecule has 0 heterocycles. The molecule has 0 aliphatic heterocycles. The van der Waals surface area contributed by atoms with Crippen LogP contribution in [0, 0.1) is 0 Å². The summed E-state index contributed by atoms with van der Waals surface area (Å²) in [5, 5.41) is 0. The maximum Gasteiger partial charge on any atom is 0.213 e. The first kappa shape index (κ1) is 14.5. The Hall–Kier alpha value is -0.580. The van der Waals surface area contributed by atoms with Crippen LogP contribution >= 0.6 is 11.6 Å². The zero-order valence-corrected chi connectivity index (χ0v) is 11.5. The van der Waals surface area contributed by atoms with E-state index in [-0.39, 0.29) is 17.7 Å². The summed E-state index contributed by atoms with van der Waals surface area (Å²) in [5.74, 6) is 0.0740. The van der Waals surface area contributed by atoms with Gasteiger partial charge in [-0.3, -0.25) is 0 Å². The summed E-state index contributed by atoms with van der Waals surface area (Å²) in [6.07, 6.45) is 1.70. The van der Waals surface area contributed by atoms with E-state index in [0.717, 1.165) is 18.4 Å². The molecule has 0 radical (unpaired) electrons. The third-order valence-electron chi connectivity index (χ3n) is 2.45. The fourth-order valence-electron chi connectivity index (χ4n) is 1.64. The van der Waals surface area contributed by atoms with Crippen LogP contribution in [0.15, 0.2) is 30.3 Å². The highest BCUT2D eigenvalue weighted by atomic mass is 35.5. The van der Waals surface area contributed by atoms with Crippen molar-refractivity contribution in [3.63, 3.8) is 0 Å². The lowest BCUT2D eigenvalue weighted by atomic mass is 10.0. The highest BCUT2D eigenvalue weighted by molar-refractivity contribution is 7.89. The molecule has 0 amide bonds. The Morgan fingerprint density at radius 1 is 1.29 bits per heavy atom. The van der Waals surface area contributed by atoms with Gasteiger partial charge in [-0.2, -0.15) is 0 Å². The third-order valence-corrected chi connectivity index (χ3v) is 4.25. The monoisotopic (exact) mass is 275 g/mol. The first-order valence-electron chi connectivity index (χ1n) is 5.70. The number of halogens is 1. The lowest BCUT2D eigenvalue weighted by Crippen LogP contribution is -2.31. The van der Waals surface area contributed by atoms with Gasteiger partial charge in [-0.05, 0) is 12.0 Å². The number of alkyl halides is 1. The van der Waals surface area contributed by atoms with E-state index in [1.165, 1.54) is 0 Å². The second-order valence-electron chi connectivity index (χ2n) is 3.88. The number of hydrogen-bond donors (Lipinski definition) is 1. The number of benzene rings is 1. The van der Waals surface area contributed by atoms with Crippen molar-refractivity contribution in [2.75, 3.05) is 11.6 Å². The first-order chi connectivity index (χ1) is 8.09. The summed E-state index contributed by atoms with van der Waals surface area (Å²) in [6, 6.07) is 9.45. The fraction of sp³-hybridized carbons (Fsp3) is 0.500. The highest BCUT2D eigenvalue weighted by Gasteiger charge is 2.17. The molecule has 0 aliphatic rings. The largest absolute Gasteiger partial charge is 0.213 e. The van der Waals surface area contributed by atoms with E-state index >= 15 is 0 Å². The Morgan fingerprint density at radius 2 is 1.94 bits per heavy atom. The topological polar surface area (TPSA) is 46.2 Å². The third kappa shape index (κ3) is 5.06. The van der Waals surface area contributed by atoms with Crippen LogP contribution in [0.25, 0.3) is 0 Å². The molecule has 0 spiro atoms. The van der Waals surface area contributed by atoms with Gasteiger partial charge in [-0.25, -0.2) is 13.1 Å². The zero-order chi connectivity index (χ0) is 12.7. The molecule has 0 aromatic heterocycles. The Labute approximate surface area is 108 Å². The normalized spacial score (nSPS) is 13.5. The molecular formula is C12H18ClNO2S. The van der Waals surface area contributed by atoms with Crippen LogP contribution in [0.2, 0.25) is 0 Å². The lowest BCUT2D eigenvalue weighted by Gasteiger charge is -2.18. The first-order valence-corrected chi connectivity index (χ1v) is 7.88. The predicted octanol–water partition coefficient (Wildman–Crippen LogP) is 2.69. The Balaban J connectivity index is 2.81. The van der Waals surface area contributed by atoms with Crippen molar-refractivity contribution in [3.05, 3.63) is 35.9 Å². The molecule has 96 valence electrons. The van der Waals surface area contributed by atoms with Crippen LogP contribution in [0.5, 0.6) is 0 Å². The summed E-state index contributed by atoms with van der Waals surface area (Å²) >= 11 is 5.47. The number of rotatable bonds is 7. The van der Waals surface area contributed by atoms with Crippen molar-refractivity contribution < 1.29 is 8.42 Å². The van der Waals surface area contributed by atoms with Crippen LogP contribution in [-0.4, -0.2) is 20.1 Å². The van der Waals surface area contributed by atoms with Gasteiger partial charge in [0.2, 0.25) is 10.0 Å². The predicted molar refractivity (Wildman–Crippen MR) is 71.7 cm³/mol. The van der Waals surface area contributed by atoms with Crippen LogP contribution in [0.4, 0.5) is 0 Å². The molecule has 0 saturated heterocycles. The van der Waals surface area contributed by atoms with E-state index in [2.05, 4.69) is 4.72 Å². The van der Waals surface area contributed by atoms with Gasteiger partial charge in [0, 0.05) is 11.9 Å². The molecule has 0 aliphatic carbocycles. The van der Waals surface area contributed by atoms with Gasteiger partial charge in [-0.15, -0.1) is 11.6 Å². The molecule has 17 heavy (non-hydrogen) atoms. The SMILES string of the molecule is CCCC(NS(=O)(=O)CCCl)c1ccccc1. The molecule has 1 aromatic rings. The molecule has 1 atom stereocenters. The van der Waals surface area contributed by atoms with E-state index in [1.54, 1.807) is 0 Å². The maximum atomic E-state index is 11.7. The molecule has 5 heteroatoms. The van der Waals surface area contributed by atoms with Crippen molar-refractivity contribution in [1.29, 1.82) is 0 Å². The van der Waals surface area contributed by atoms with Crippen molar-refractivity contribution >= 4 is 21.6 Å². The van der Waals surface area contributed by atoms with Gasteiger partial charge < -0.3 is 0 Å². The van der Waals surface area contributed by atoms with Crippen molar-refractivity contribution in [2.45, 2.75) is 25.8 Å². The zero-order valence-electron chi connectivity index (χ0n) is 9.90. The quantitative estimate of drug-likeness (QED) is 0.778. The molecule has 1 unspecified atom stereocenters. The van der Waals surface area contributed by atoms with Gasteiger partial charge in [0.15, 0.2) is 0 Å². The van der Waals surface area contributed by atoms with Crippen LogP contribution < -0.4 is 4.72 Å². The number of sulfonamides is 1. The Kier molecular flexibility index (Phi) is 5.95. The van der Waals surface area contributed by atoms with Crippen LogP contribution in [0.3, 0.4) is 0 Å². The van der Waals surface area contributed by atoms with E-state index in [9.17, 15) is 8.42 Å². The molecule has 1 aromatic carbocycles. The fourth-order valence-corrected chi connectivity index (χ4v) is 3.26. The van der Waals surface area contributed by atoms with E-state index in [0.29, 0.717) is 0 Å². The van der Waals surface area contributed by atoms with E-state index in [4.69, 9.17) is 11.6 Å². The Morgan fingerprint density at radius 3 is 2.47 bits per heavy atom. The summed E-state index contributed by atoms with van der Waals surface area (Å²) in [7, 11) is -3.28. The van der Waals surface area contributed by atoms with Gasteiger partial charge >= 0.3 is 0 Å². The summed E-state index contributed by atoms with van der Waals surface area (Å²) in [5.41, 5.74) is 0.993. The summed E-state index contributed by atoms with van der Waals surface area (Å²) < 4.78 is 26.1. The van der Waals surface area contributed by atoms with E-state index < -0.39 is 10.0 Å². The average Bonchev–Trinajstić information content (AvgIpc) is 2.29. The van der Waals surface area contributed by atoms with Crippen molar-refractivity contribution in [1.82, 2.24) is 4.72 Å². The van der Waals surface area contributed by atoms with Gasteiger partial charge in [0.25, 0.3) is 0 Å². The molecule has 1 N–H and O–H groups in total. The molecule has 0 bridgehead atoms. The minimum absolute atomic E-state index is 0.0401. The van der Waals surface area contributed by atoms with Gasteiger partial charge in [0.1, 0.15) is 0 Å². The van der Waals surface area contributed by atoms with Gasteiger partial charge in [0.05, 0.1) is 5.75 Å². The minimum atomic E-state index is -3.28. The average molecular weight is 276 g/mol. The molecule has 0 fully saturated rings. The van der Waals surface area contributed by atoms with Crippen LogP contribution in [-0.2, 0) is 10.0 Å². The summed E-state index contributed by atoms with van der Waals surface area (Å²) in [4.78, 5) is 0. The number of nitrogens with one attached hydrogen (secondary N) is 1. The van der Waals surface area contributed by atoms with Gasteiger partial charge in [-0.1, -0.05) is 43.7 Å². The maximum absolute atomic E-state index is 11.7.